The minimum absolute atomic E-state index is 0. The van der Waals surface area contributed by atoms with Crippen molar-refractivity contribution in [3.8, 4) is 11.1 Å². The maximum absolute atomic E-state index is 12.2. The number of aryl methyl sites for hydroxylation is 1. The van der Waals surface area contributed by atoms with E-state index in [1.807, 2.05) is 4.90 Å². The van der Waals surface area contributed by atoms with Crippen LogP contribution in [-0.4, -0.2) is 29.9 Å². The lowest BCUT2D eigenvalue weighted by molar-refractivity contribution is -0.130. The van der Waals surface area contributed by atoms with Gasteiger partial charge in [0.25, 0.3) is 0 Å². The molecule has 1 aliphatic carbocycles. The second kappa shape index (κ2) is 7.59. The van der Waals surface area contributed by atoms with Crippen LogP contribution in [0.4, 0.5) is 0 Å². The highest BCUT2D eigenvalue weighted by molar-refractivity contribution is 5.85. The molecule has 2 aliphatic rings. The van der Waals surface area contributed by atoms with E-state index in [2.05, 4.69) is 42.5 Å². The maximum atomic E-state index is 12.2. The molecular formula is C21H25ClN2O. The SMILES string of the molecule is Cl.N[C@@H]1CCN(C(=O)CCCc2ccc3c(c2)-c2ccccc2C3)C1. The minimum Gasteiger partial charge on any atom is -0.341 e. The largest absolute Gasteiger partial charge is 0.341 e. The molecule has 2 aromatic rings. The molecular weight excluding hydrogens is 332 g/mol. The highest BCUT2D eigenvalue weighted by Gasteiger charge is 2.23. The summed E-state index contributed by atoms with van der Waals surface area (Å²) in [5.41, 5.74) is 12.8. The van der Waals surface area contributed by atoms with Crippen molar-refractivity contribution in [2.45, 2.75) is 38.1 Å². The number of carbonyl (C=O) groups excluding carboxylic acids is 1. The Kier molecular flexibility index (Phi) is 5.45. The van der Waals surface area contributed by atoms with Gasteiger partial charge in [-0.15, -0.1) is 12.4 Å². The molecule has 1 atom stereocenters. The van der Waals surface area contributed by atoms with Gasteiger partial charge in [-0.05, 0) is 53.5 Å². The van der Waals surface area contributed by atoms with E-state index in [1.54, 1.807) is 0 Å². The Balaban J connectivity index is 0.00000182. The molecule has 0 spiro atoms. The van der Waals surface area contributed by atoms with Crippen LogP contribution < -0.4 is 5.73 Å². The smallest absolute Gasteiger partial charge is 0.222 e. The first-order valence-corrected chi connectivity index (χ1v) is 8.94. The molecule has 0 unspecified atom stereocenters. The molecule has 1 fully saturated rings. The summed E-state index contributed by atoms with van der Waals surface area (Å²) in [5, 5.41) is 0. The molecule has 2 aromatic carbocycles. The highest BCUT2D eigenvalue weighted by atomic mass is 35.5. The lowest BCUT2D eigenvalue weighted by atomic mass is 10.00. The molecule has 0 aromatic heterocycles. The fourth-order valence-corrected chi connectivity index (χ4v) is 3.94. The zero-order chi connectivity index (χ0) is 16.5. The first-order valence-electron chi connectivity index (χ1n) is 8.94. The summed E-state index contributed by atoms with van der Waals surface area (Å²) in [5.74, 6) is 0.259. The molecule has 0 radical (unpaired) electrons. The lowest BCUT2D eigenvalue weighted by Gasteiger charge is -2.15. The summed E-state index contributed by atoms with van der Waals surface area (Å²) < 4.78 is 0. The zero-order valence-corrected chi connectivity index (χ0v) is 15.2. The van der Waals surface area contributed by atoms with Crippen LogP contribution in [0.3, 0.4) is 0 Å². The summed E-state index contributed by atoms with van der Waals surface area (Å²) in [6.45, 7) is 1.56. The maximum Gasteiger partial charge on any atom is 0.222 e. The molecule has 132 valence electrons. The van der Waals surface area contributed by atoms with Crippen LogP contribution in [0.25, 0.3) is 11.1 Å². The number of benzene rings is 2. The Bertz CT molecular complexity index is 774. The van der Waals surface area contributed by atoms with Crippen molar-refractivity contribution in [1.82, 2.24) is 4.90 Å². The second-order valence-electron chi connectivity index (χ2n) is 7.07. The van der Waals surface area contributed by atoms with Crippen molar-refractivity contribution in [1.29, 1.82) is 0 Å². The van der Waals surface area contributed by atoms with Crippen LogP contribution in [0.2, 0.25) is 0 Å². The van der Waals surface area contributed by atoms with Gasteiger partial charge in [-0.1, -0.05) is 42.5 Å². The molecule has 25 heavy (non-hydrogen) atoms. The Morgan fingerprint density at radius 2 is 1.92 bits per heavy atom. The molecule has 0 bridgehead atoms. The number of hydrogen-bond acceptors (Lipinski definition) is 2. The monoisotopic (exact) mass is 356 g/mol. The Morgan fingerprint density at radius 1 is 1.12 bits per heavy atom. The fourth-order valence-electron chi connectivity index (χ4n) is 3.94. The molecule has 4 heteroatoms. The van der Waals surface area contributed by atoms with Crippen molar-refractivity contribution in [2.75, 3.05) is 13.1 Å². The minimum atomic E-state index is 0. The van der Waals surface area contributed by atoms with Crippen LogP contribution >= 0.6 is 12.4 Å². The van der Waals surface area contributed by atoms with Crippen LogP contribution in [0.5, 0.6) is 0 Å². The summed E-state index contributed by atoms with van der Waals surface area (Å²) in [6, 6.07) is 15.6. The van der Waals surface area contributed by atoms with Gasteiger partial charge < -0.3 is 10.6 Å². The topological polar surface area (TPSA) is 46.3 Å². The number of nitrogens with two attached hydrogens (primary N) is 1. The van der Waals surface area contributed by atoms with Crippen molar-refractivity contribution in [3.05, 3.63) is 59.2 Å². The van der Waals surface area contributed by atoms with Gasteiger partial charge in [-0.25, -0.2) is 0 Å². The van der Waals surface area contributed by atoms with Crippen molar-refractivity contribution in [3.63, 3.8) is 0 Å². The van der Waals surface area contributed by atoms with E-state index in [-0.39, 0.29) is 24.4 Å². The Hall–Kier alpha value is -1.84. The van der Waals surface area contributed by atoms with E-state index >= 15 is 0 Å². The van der Waals surface area contributed by atoms with E-state index < -0.39 is 0 Å². The summed E-state index contributed by atoms with van der Waals surface area (Å²) >= 11 is 0. The number of fused-ring (bicyclic) bond motifs is 3. The third-order valence-corrected chi connectivity index (χ3v) is 5.30. The number of carbonyl (C=O) groups is 1. The van der Waals surface area contributed by atoms with E-state index in [0.717, 1.165) is 38.8 Å². The Labute approximate surface area is 155 Å². The quantitative estimate of drug-likeness (QED) is 0.776. The van der Waals surface area contributed by atoms with Gasteiger partial charge in [0.15, 0.2) is 0 Å². The predicted molar refractivity (Wildman–Crippen MR) is 104 cm³/mol. The van der Waals surface area contributed by atoms with Crippen LogP contribution in [0.15, 0.2) is 42.5 Å². The number of amides is 1. The number of nitrogens with zero attached hydrogens (tertiary/aromatic N) is 1. The molecule has 1 heterocycles. The Morgan fingerprint density at radius 3 is 2.72 bits per heavy atom. The van der Waals surface area contributed by atoms with Gasteiger partial charge in [-0.2, -0.15) is 0 Å². The van der Waals surface area contributed by atoms with Crippen LogP contribution in [0.1, 0.15) is 36.0 Å². The summed E-state index contributed by atoms with van der Waals surface area (Å²) in [7, 11) is 0. The molecule has 2 N–H and O–H groups in total. The first kappa shape index (κ1) is 18.0. The average Bonchev–Trinajstić information content (AvgIpc) is 3.18. The first-order chi connectivity index (χ1) is 11.7. The molecule has 0 saturated carbocycles. The zero-order valence-electron chi connectivity index (χ0n) is 14.4. The molecule has 1 saturated heterocycles. The van der Waals surface area contributed by atoms with E-state index in [0.29, 0.717) is 6.42 Å². The van der Waals surface area contributed by atoms with Gasteiger partial charge in [0.05, 0.1) is 0 Å². The number of halogens is 1. The highest BCUT2D eigenvalue weighted by Crippen LogP contribution is 2.37. The molecule has 4 rings (SSSR count). The summed E-state index contributed by atoms with van der Waals surface area (Å²) in [4.78, 5) is 14.1. The van der Waals surface area contributed by atoms with Gasteiger partial charge in [0.1, 0.15) is 0 Å². The number of hydrogen-bond donors (Lipinski definition) is 1. The van der Waals surface area contributed by atoms with E-state index in [4.69, 9.17) is 5.73 Å². The van der Waals surface area contributed by atoms with Crippen molar-refractivity contribution >= 4 is 18.3 Å². The second-order valence-corrected chi connectivity index (χ2v) is 7.07. The average molecular weight is 357 g/mol. The van der Waals surface area contributed by atoms with E-state index in [9.17, 15) is 4.79 Å². The third-order valence-electron chi connectivity index (χ3n) is 5.30. The van der Waals surface area contributed by atoms with Gasteiger partial charge in [0, 0.05) is 25.6 Å². The standard InChI is InChI=1S/C21H24N2O.ClH/c22-18-10-11-23(14-18)21(24)7-3-4-15-8-9-17-13-16-5-1-2-6-19(16)20(17)12-15;/h1-2,5-6,8-9,12,18H,3-4,7,10-11,13-14,22H2;1H/t18-;/m1./s1. The van der Waals surface area contributed by atoms with Crippen LogP contribution in [-0.2, 0) is 17.6 Å². The van der Waals surface area contributed by atoms with Crippen molar-refractivity contribution < 1.29 is 4.79 Å². The van der Waals surface area contributed by atoms with Gasteiger partial charge in [0.2, 0.25) is 5.91 Å². The third kappa shape index (κ3) is 3.73. The summed E-state index contributed by atoms with van der Waals surface area (Å²) in [6.07, 6.45) is 4.47. The van der Waals surface area contributed by atoms with Crippen LogP contribution in [0, 0.1) is 0 Å². The molecule has 1 aliphatic heterocycles. The fraction of sp³-hybridized carbons (Fsp3) is 0.381. The number of rotatable bonds is 4. The normalized spacial score (nSPS) is 17.8. The predicted octanol–water partition coefficient (Wildman–Crippen LogP) is 3.56. The lowest BCUT2D eigenvalue weighted by Crippen LogP contribution is -2.31. The molecule has 1 amide bonds. The van der Waals surface area contributed by atoms with Gasteiger partial charge >= 0.3 is 0 Å². The van der Waals surface area contributed by atoms with Gasteiger partial charge in [-0.3, -0.25) is 4.79 Å². The number of likely N-dealkylation sites (tertiary alicyclic amines) is 1. The van der Waals surface area contributed by atoms with Crippen molar-refractivity contribution in [2.24, 2.45) is 5.73 Å². The van der Waals surface area contributed by atoms with E-state index in [1.165, 1.54) is 27.8 Å². The molecule has 3 nitrogen and oxygen atoms in total.